The van der Waals surface area contributed by atoms with Gasteiger partial charge in [0.15, 0.2) is 11.0 Å². The third-order valence-electron chi connectivity index (χ3n) is 5.76. The molecule has 182 valence electrons. The number of para-hydroxylation sites is 1. The van der Waals surface area contributed by atoms with Crippen LogP contribution in [0.2, 0.25) is 0 Å². The third-order valence-corrected chi connectivity index (χ3v) is 6.78. The summed E-state index contributed by atoms with van der Waals surface area (Å²) in [6.07, 6.45) is 0. The number of nitrogens with zero attached hydrogens (tertiary/aromatic N) is 5. The van der Waals surface area contributed by atoms with Crippen LogP contribution in [-0.4, -0.2) is 35.8 Å². The first-order valence-electron chi connectivity index (χ1n) is 11.1. The van der Waals surface area contributed by atoms with Crippen molar-refractivity contribution >= 4 is 23.4 Å². The van der Waals surface area contributed by atoms with Gasteiger partial charge in [0.05, 0.1) is 17.1 Å². The average molecular weight is 493 g/mol. The first-order valence-corrected chi connectivity index (χ1v) is 12.1. The Morgan fingerprint density at radius 1 is 1.06 bits per heavy atom. The van der Waals surface area contributed by atoms with Gasteiger partial charge in [0, 0.05) is 14.1 Å². The Bertz CT molecular complexity index is 1420. The van der Waals surface area contributed by atoms with Crippen molar-refractivity contribution in [2.75, 3.05) is 11.1 Å². The molecule has 9 nitrogen and oxygen atoms in total. The zero-order chi connectivity index (χ0) is 25.1. The van der Waals surface area contributed by atoms with Crippen LogP contribution in [0.15, 0.2) is 58.5 Å². The van der Waals surface area contributed by atoms with Crippen LogP contribution in [-0.2, 0) is 25.5 Å². The van der Waals surface area contributed by atoms with Crippen LogP contribution < -0.4 is 15.6 Å². The molecule has 0 fully saturated rings. The van der Waals surface area contributed by atoms with E-state index in [1.807, 2.05) is 63.4 Å². The van der Waals surface area contributed by atoms with E-state index in [0.29, 0.717) is 16.7 Å². The summed E-state index contributed by atoms with van der Waals surface area (Å²) in [5.74, 6) is 1.24. The molecule has 0 spiro atoms. The monoisotopic (exact) mass is 492 g/mol. The zero-order valence-electron chi connectivity index (χ0n) is 20.4. The Labute approximate surface area is 207 Å². The van der Waals surface area contributed by atoms with E-state index in [1.165, 1.54) is 22.0 Å². The number of carbonyl (C=O) groups excluding carboxylic acids is 1. The third kappa shape index (κ3) is 5.17. The number of aryl methyl sites for hydroxylation is 2. The van der Waals surface area contributed by atoms with Gasteiger partial charge in [-0.2, -0.15) is 0 Å². The summed E-state index contributed by atoms with van der Waals surface area (Å²) in [4.78, 5) is 25.7. The standard InChI is InChI=1S/C25H28N6O3S/c1-16-11-12-20(17(2)13-16)34-14-21-27-28-25(29(21)4)35-15-22(32)26-23-18(3)30(5)31(24(23)33)19-9-7-6-8-10-19/h6-13H,14-15H2,1-5H3,(H,26,32). The van der Waals surface area contributed by atoms with Crippen LogP contribution in [0.3, 0.4) is 0 Å². The largest absolute Gasteiger partial charge is 0.485 e. The second-order valence-corrected chi connectivity index (χ2v) is 9.23. The molecule has 0 saturated heterocycles. The van der Waals surface area contributed by atoms with Gasteiger partial charge in [0.25, 0.3) is 5.56 Å². The normalized spacial score (nSPS) is 11.0. The van der Waals surface area contributed by atoms with E-state index in [-0.39, 0.29) is 29.5 Å². The molecule has 2 aromatic heterocycles. The van der Waals surface area contributed by atoms with Crippen molar-refractivity contribution in [1.82, 2.24) is 24.1 Å². The first kappa shape index (κ1) is 24.3. The summed E-state index contributed by atoms with van der Waals surface area (Å²) < 4.78 is 11.0. The second-order valence-electron chi connectivity index (χ2n) is 8.29. The van der Waals surface area contributed by atoms with Gasteiger partial charge >= 0.3 is 0 Å². The molecule has 1 amide bonds. The minimum absolute atomic E-state index is 0.0863. The lowest BCUT2D eigenvalue weighted by Gasteiger charge is -2.09. The summed E-state index contributed by atoms with van der Waals surface area (Å²) in [7, 11) is 3.62. The first-order chi connectivity index (χ1) is 16.8. The molecule has 2 heterocycles. The Morgan fingerprint density at radius 2 is 1.80 bits per heavy atom. The summed E-state index contributed by atoms with van der Waals surface area (Å²) in [5, 5.41) is 11.7. The molecular weight excluding hydrogens is 464 g/mol. The molecule has 0 bridgehead atoms. The van der Waals surface area contributed by atoms with Gasteiger partial charge in [0.1, 0.15) is 18.0 Å². The van der Waals surface area contributed by atoms with Crippen molar-refractivity contribution in [3.05, 3.63) is 81.5 Å². The van der Waals surface area contributed by atoms with E-state index < -0.39 is 0 Å². The molecule has 10 heteroatoms. The molecule has 4 aromatic rings. The molecule has 4 rings (SSSR count). The van der Waals surface area contributed by atoms with E-state index in [0.717, 1.165) is 17.0 Å². The van der Waals surface area contributed by atoms with Crippen LogP contribution in [0.25, 0.3) is 5.69 Å². The predicted octanol–water partition coefficient (Wildman–Crippen LogP) is 3.54. The van der Waals surface area contributed by atoms with Crippen LogP contribution in [0.5, 0.6) is 5.75 Å². The molecule has 0 radical (unpaired) electrons. The van der Waals surface area contributed by atoms with Gasteiger partial charge < -0.3 is 14.6 Å². The quantitative estimate of drug-likeness (QED) is 0.378. The maximum atomic E-state index is 13.0. The smallest absolute Gasteiger partial charge is 0.295 e. The van der Waals surface area contributed by atoms with Gasteiger partial charge in [-0.15, -0.1) is 10.2 Å². The molecule has 0 aliphatic heterocycles. The minimum Gasteiger partial charge on any atom is -0.485 e. The number of hydrogen-bond acceptors (Lipinski definition) is 6. The molecule has 0 atom stereocenters. The lowest BCUT2D eigenvalue weighted by atomic mass is 10.1. The highest BCUT2D eigenvalue weighted by Gasteiger charge is 2.19. The number of ether oxygens (including phenoxy) is 1. The highest BCUT2D eigenvalue weighted by atomic mass is 32.2. The molecule has 2 aromatic carbocycles. The van der Waals surface area contributed by atoms with E-state index in [2.05, 4.69) is 21.6 Å². The van der Waals surface area contributed by atoms with Gasteiger partial charge in [-0.1, -0.05) is 47.7 Å². The van der Waals surface area contributed by atoms with Crippen molar-refractivity contribution in [2.24, 2.45) is 14.1 Å². The predicted molar refractivity (Wildman–Crippen MR) is 136 cm³/mol. The fourth-order valence-electron chi connectivity index (χ4n) is 3.72. The van der Waals surface area contributed by atoms with Gasteiger partial charge in [-0.3, -0.25) is 14.3 Å². The van der Waals surface area contributed by atoms with Crippen LogP contribution in [0.4, 0.5) is 5.69 Å². The molecule has 1 N–H and O–H groups in total. The number of nitrogens with one attached hydrogen (secondary N) is 1. The SMILES string of the molecule is Cc1ccc(OCc2nnc(SCC(=O)Nc3c(C)n(C)n(-c4ccccc4)c3=O)n2C)c(C)c1. The minimum atomic E-state index is -0.294. The molecule has 35 heavy (non-hydrogen) atoms. The van der Waals surface area contributed by atoms with Crippen molar-refractivity contribution in [2.45, 2.75) is 32.5 Å². The maximum Gasteiger partial charge on any atom is 0.295 e. The Balaban J connectivity index is 1.39. The zero-order valence-corrected chi connectivity index (χ0v) is 21.2. The molecule has 0 saturated carbocycles. The number of thioether (sulfide) groups is 1. The van der Waals surface area contributed by atoms with Crippen LogP contribution >= 0.6 is 11.8 Å². The number of rotatable bonds is 8. The fourth-order valence-corrected chi connectivity index (χ4v) is 4.45. The van der Waals surface area contributed by atoms with Crippen LogP contribution in [0.1, 0.15) is 22.6 Å². The Kier molecular flexibility index (Phi) is 7.11. The van der Waals surface area contributed by atoms with Gasteiger partial charge in [0.2, 0.25) is 5.91 Å². The van der Waals surface area contributed by atoms with Crippen molar-refractivity contribution in [1.29, 1.82) is 0 Å². The summed E-state index contributed by atoms with van der Waals surface area (Å²) in [6.45, 7) is 6.11. The van der Waals surface area contributed by atoms with E-state index in [9.17, 15) is 9.59 Å². The number of hydrogen-bond donors (Lipinski definition) is 1. The Hall–Kier alpha value is -3.79. The summed E-state index contributed by atoms with van der Waals surface area (Å²) in [5.41, 5.74) is 3.62. The molecule has 0 aliphatic carbocycles. The second kappa shape index (κ2) is 10.2. The molecule has 0 aliphatic rings. The van der Waals surface area contributed by atoms with Crippen molar-refractivity contribution in [3.63, 3.8) is 0 Å². The van der Waals surface area contributed by atoms with E-state index in [4.69, 9.17) is 4.74 Å². The van der Waals surface area contributed by atoms with E-state index in [1.54, 1.807) is 23.2 Å². The highest BCUT2D eigenvalue weighted by Crippen LogP contribution is 2.21. The van der Waals surface area contributed by atoms with Crippen LogP contribution in [0, 0.1) is 20.8 Å². The number of benzene rings is 2. The number of amides is 1. The lowest BCUT2D eigenvalue weighted by molar-refractivity contribution is -0.113. The fraction of sp³-hybridized carbons (Fsp3) is 0.280. The van der Waals surface area contributed by atoms with Gasteiger partial charge in [-0.25, -0.2) is 4.68 Å². The maximum absolute atomic E-state index is 13.0. The number of aromatic nitrogens is 5. The molecule has 0 unspecified atom stereocenters. The lowest BCUT2D eigenvalue weighted by Crippen LogP contribution is -2.23. The topological polar surface area (TPSA) is 96.0 Å². The number of carbonyl (C=O) groups is 1. The van der Waals surface area contributed by atoms with E-state index >= 15 is 0 Å². The Morgan fingerprint density at radius 3 is 2.51 bits per heavy atom. The van der Waals surface area contributed by atoms with Crippen molar-refractivity contribution in [3.8, 4) is 11.4 Å². The highest BCUT2D eigenvalue weighted by molar-refractivity contribution is 7.99. The van der Waals surface area contributed by atoms with Crippen molar-refractivity contribution < 1.29 is 9.53 Å². The van der Waals surface area contributed by atoms with Gasteiger partial charge in [-0.05, 0) is 44.5 Å². The number of anilines is 1. The average Bonchev–Trinajstić information content (AvgIpc) is 3.29. The summed E-state index contributed by atoms with van der Waals surface area (Å²) in [6, 6.07) is 15.3. The molecular formula is C25H28N6O3S. The summed E-state index contributed by atoms with van der Waals surface area (Å²) >= 11 is 1.25.